The van der Waals surface area contributed by atoms with E-state index >= 15 is 0 Å². The van der Waals surface area contributed by atoms with Crippen LogP contribution in [0, 0.1) is 0 Å². The Morgan fingerprint density at radius 3 is 2.67 bits per heavy atom. The number of rotatable bonds is 3. The van der Waals surface area contributed by atoms with Crippen LogP contribution in [0.3, 0.4) is 0 Å². The largest absolute Gasteiger partial charge is 0.497 e. The van der Waals surface area contributed by atoms with E-state index in [0.29, 0.717) is 27.2 Å². The van der Waals surface area contributed by atoms with Gasteiger partial charge >= 0.3 is 0 Å². The summed E-state index contributed by atoms with van der Waals surface area (Å²) in [5.41, 5.74) is 0.875. The lowest BCUT2D eigenvalue weighted by Crippen LogP contribution is -2.12. The van der Waals surface area contributed by atoms with Crippen molar-refractivity contribution in [1.82, 2.24) is 4.98 Å². The lowest BCUT2D eigenvalue weighted by Gasteiger charge is -2.07. The highest BCUT2D eigenvalue weighted by atomic mass is 35.5. The fourth-order valence-electron chi connectivity index (χ4n) is 1.41. The fraction of sp³-hybridized carbons (Fsp3) is 0.0833. The second kappa shape index (κ2) is 5.33. The molecular weight excluding hydrogens is 275 g/mol. The highest BCUT2D eigenvalue weighted by Gasteiger charge is 2.10. The van der Waals surface area contributed by atoms with Crippen LogP contribution in [-0.2, 0) is 0 Å². The number of aromatic nitrogens is 1. The van der Waals surface area contributed by atoms with Gasteiger partial charge in [0.1, 0.15) is 11.4 Å². The Bertz CT molecular complexity index is 581. The molecule has 0 radical (unpaired) electrons. The third-order valence-electron chi connectivity index (χ3n) is 2.32. The molecule has 94 valence electrons. The van der Waals surface area contributed by atoms with Crippen molar-refractivity contribution in [3.8, 4) is 5.75 Å². The molecule has 0 atom stereocenters. The number of hydrogen-bond donors (Lipinski definition) is 2. The number of methoxy groups -OCH3 is 1. The Hall–Kier alpha value is -1.65. The zero-order valence-corrected chi connectivity index (χ0v) is 11.0. The van der Waals surface area contributed by atoms with Gasteiger partial charge in [-0.25, -0.2) is 0 Å². The summed E-state index contributed by atoms with van der Waals surface area (Å²) in [5.74, 6) is 0.315. The van der Waals surface area contributed by atoms with E-state index in [2.05, 4.69) is 10.3 Å². The molecule has 0 unspecified atom stereocenters. The summed E-state index contributed by atoms with van der Waals surface area (Å²) in [6, 6.07) is 6.54. The molecule has 2 aromatic rings. The van der Waals surface area contributed by atoms with Crippen molar-refractivity contribution in [2.45, 2.75) is 0 Å². The normalized spacial score (nSPS) is 10.2. The first-order valence-electron chi connectivity index (χ1n) is 5.09. The highest BCUT2D eigenvalue weighted by molar-refractivity contribution is 6.34. The van der Waals surface area contributed by atoms with Gasteiger partial charge in [0.15, 0.2) is 0 Å². The number of anilines is 1. The number of hydrogen-bond acceptors (Lipinski definition) is 2. The molecule has 6 heteroatoms. The minimum Gasteiger partial charge on any atom is -0.497 e. The molecular formula is C12H10Cl2N2O2. The second-order valence-corrected chi connectivity index (χ2v) is 4.38. The summed E-state index contributed by atoms with van der Waals surface area (Å²) in [7, 11) is 1.55. The number of aromatic amines is 1. The van der Waals surface area contributed by atoms with Crippen molar-refractivity contribution in [3.63, 3.8) is 0 Å². The van der Waals surface area contributed by atoms with Gasteiger partial charge in [-0.1, -0.05) is 23.2 Å². The van der Waals surface area contributed by atoms with Crippen molar-refractivity contribution in [1.29, 1.82) is 0 Å². The quantitative estimate of drug-likeness (QED) is 0.905. The number of amides is 1. The van der Waals surface area contributed by atoms with Crippen LogP contribution in [-0.4, -0.2) is 18.0 Å². The first-order valence-corrected chi connectivity index (χ1v) is 5.84. The summed E-state index contributed by atoms with van der Waals surface area (Å²) < 4.78 is 5.02. The topological polar surface area (TPSA) is 54.1 Å². The molecule has 0 saturated carbocycles. The smallest absolute Gasteiger partial charge is 0.272 e. The molecule has 18 heavy (non-hydrogen) atoms. The predicted octanol–water partition coefficient (Wildman–Crippen LogP) is 3.58. The molecule has 4 nitrogen and oxygen atoms in total. The number of carbonyl (C=O) groups excluding carboxylic acids is 1. The average molecular weight is 285 g/mol. The standard InChI is InChI=1S/C12H10Cl2N2O2/c1-18-8-2-3-10(9(14)5-8)16-12(17)11-4-7(13)6-15-11/h2-6,15H,1H3,(H,16,17). The Balaban J connectivity index is 2.16. The molecule has 0 bridgehead atoms. The van der Waals surface area contributed by atoms with E-state index < -0.39 is 0 Å². The van der Waals surface area contributed by atoms with Crippen LogP contribution in [0.5, 0.6) is 5.75 Å². The van der Waals surface area contributed by atoms with Crippen LogP contribution in [0.2, 0.25) is 10.0 Å². The maximum atomic E-state index is 11.8. The van der Waals surface area contributed by atoms with Crippen LogP contribution in [0.25, 0.3) is 0 Å². The third-order valence-corrected chi connectivity index (χ3v) is 2.85. The molecule has 0 fully saturated rings. The van der Waals surface area contributed by atoms with Crippen molar-refractivity contribution >= 4 is 34.8 Å². The Morgan fingerprint density at radius 2 is 2.11 bits per heavy atom. The van der Waals surface area contributed by atoms with Gasteiger partial charge in [0.05, 0.1) is 22.8 Å². The molecule has 0 spiro atoms. The van der Waals surface area contributed by atoms with E-state index in [0.717, 1.165) is 0 Å². The van der Waals surface area contributed by atoms with E-state index in [-0.39, 0.29) is 5.91 Å². The Morgan fingerprint density at radius 1 is 1.33 bits per heavy atom. The molecule has 1 aromatic heterocycles. The van der Waals surface area contributed by atoms with Gasteiger partial charge < -0.3 is 15.0 Å². The van der Waals surface area contributed by atoms with Gasteiger partial charge in [0.25, 0.3) is 5.91 Å². The average Bonchev–Trinajstić information content (AvgIpc) is 2.78. The Labute approximate surface area is 114 Å². The van der Waals surface area contributed by atoms with Gasteiger partial charge in [0.2, 0.25) is 0 Å². The first kappa shape index (κ1) is 12.8. The third kappa shape index (κ3) is 2.78. The van der Waals surface area contributed by atoms with Gasteiger partial charge in [-0.15, -0.1) is 0 Å². The van der Waals surface area contributed by atoms with Crippen LogP contribution >= 0.6 is 23.2 Å². The molecule has 0 aliphatic carbocycles. The Kier molecular flexibility index (Phi) is 3.79. The van der Waals surface area contributed by atoms with Crippen LogP contribution in [0.1, 0.15) is 10.5 Å². The van der Waals surface area contributed by atoms with Gasteiger partial charge in [-0.3, -0.25) is 4.79 Å². The maximum Gasteiger partial charge on any atom is 0.272 e. The number of nitrogens with one attached hydrogen (secondary N) is 2. The van der Waals surface area contributed by atoms with Gasteiger partial charge in [-0.2, -0.15) is 0 Å². The van der Waals surface area contributed by atoms with E-state index in [9.17, 15) is 4.79 Å². The number of H-pyrrole nitrogens is 1. The van der Waals surface area contributed by atoms with Crippen LogP contribution in [0.4, 0.5) is 5.69 Å². The SMILES string of the molecule is COc1ccc(NC(=O)c2cc(Cl)c[nH]2)c(Cl)c1. The van der Waals surface area contributed by atoms with E-state index in [4.69, 9.17) is 27.9 Å². The zero-order chi connectivity index (χ0) is 13.1. The minimum absolute atomic E-state index is 0.311. The fourth-order valence-corrected chi connectivity index (χ4v) is 1.79. The van der Waals surface area contributed by atoms with Crippen molar-refractivity contribution < 1.29 is 9.53 Å². The van der Waals surface area contributed by atoms with Crippen molar-refractivity contribution in [3.05, 3.63) is 46.2 Å². The summed E-state index contributed by atoms with van der Waals surface area (Å²) in [6.07, 6.45) is 1.53. The van der Waals surface area contributed by atoms with E-state index in [1.54, 1.807) is 25.3 Å². The van der Waals surface area contributed by atoms with E-state index in [1.165, 1.54) is 12.3 Å². The van der Waals surface area contributed by atoms with Gasteiger partial charge in [0, 0.05) is 12.3 Å². The molecule has 0 saturated heterocycles. The molecule has 2 N–H and O–H groups in total. The molecule has 1 heterocycles. The van der Waals surface area contributed by atoms with Crippen LogP contribution in [0.15, 0.2) is 30.5 Å². The lowest BCUT2D eigenvalue weighted by atomic mass is 10.3. The number of halogens is 2. The summed E-state index contributed by atoms with van der Waals surface area (Å²) in [5, 5.41) is 3.55. The molecule has 0 aliphatic heterocycles. The van der Waals surface area contributed by atoms with Gasteiger partial charge in [-0.05, 0) is 18.2 Å². The minimum atomic E-state index is -0.311. The summed E-state index contributed by atoms with van der Waals surface area (Å²) >= 11 is 11.7. The zero-order valence-electron chi connectivity index (χ0n) is 9.46. The predicted molar refractivity (Wildman–Crippen MR) is 71.8 cm³/mol. The number of ether oxygens (including phenoxy) is 1. The molecule has 2 rings (SSSR count). The van der Waals surface area contributed by atoms with E-state index in [1.807, 2.05) is 0 Å². The van der Waals surface area contributed by atoms with Crippen molar-refractivity contribution in [2.24, 2.45) is 0 Å². The maximum absolute atomic E-state index is 11.8. The summed E-state index contributed by atoms with van der Waals surface area (Å²) in [4.78, 5) is 14.6. The monoisotopic (exact) mass is 284 g/mol. The van der Waals surface area contributed by atoms with Crippen molar-refractivity contribution in [2.75, 3.05) is 12.4 Å². The number of carbonyl (C=O) groups is 1. The number of benzene rings is 1. The van der Waals surface area contributed by atoms with Crippen LogP contribution < -0.4 is 10.1 Å². The molecule has 1 amide bonds. The second-order valence-electron chi connectivity index (χ2n) is 3.53. The first-order chi connectivity index (χ1) is 8.60. The molecule has 1 aromatic carbocycles. The molecule has 0 aliphatic rings. The lowest BCUT2D eigenvalue weighted by molar-refractivity contribution is 0.102. The highest BCUT2D eigenvalue weighted by Crippen LogP contribution is 2.27. The summed E-state index contributed by atoms with van der Waals surface area (Å²) in [6.45, 7) is 0.